The molecule has 0 atom stereocenters. The maximum absolute atomic E-state index is 4.78. The summed E-state index contributed by atoms with van der Waals surface area (Å²) in [4.78, 5) is 2.07. The Balaban J connectivity index is 2.11. The molecule has 1 heterocycles. The van der Waals surface area contributed by atoms with E-state index in [1.54, 1.807) is 0 Å². The van der Waals surface area contributed by atoms with Gasteiger partial charge in [-0.25, -0.2) is 4.63 Å². The molecule has 4 nitrogen and oxygen atoms in total. The van der Waals surface area contributed by atoms with Crippen molar-refractivity contribution >= 4 is 16.7 Å². The van der Waals surface area contributed by atoms with Crippen molar-refractivity contribution in [1.82, 2.24) is 10.3 Å². The number of benzene rings is 2. The molecule has 3 rings (SSSR count). The van der Waals surface area contributed by atoms with Crippen LogP contribution in [0.5, 0.6) is 0 Å². The van der Waals surface area contributed by atoms with Crippen LogP contribution in [0.25, 0.3) is 22.2 Å². The Labute approximate surface area is 105 Å². The fourth-order valence-corrected chi connectivity index (χ4v) is 1.98. The summed E-state index contributed by atoms with van der Waals surface area (Å²) in [6, 6.07) is 14.2. The van der Waals surface area contributed by atoms with Crippen molar-refractivity contribution < 1.29 is 4.63 Å². The molecule has 0 N–H and O–H groups in total. The highest BCUT2D eigenvalue weighted by atomic mass is 16.6. The molecule has 3 aromatic rings. The number of rotatable bonds is 2. The van der Waals surface area contributed by atoms with Crippen LogP contribution in [0.4, 0.5) is 5.69 Å². The predicted octanol–water partition coefficient (Wildman–Crippen LogP) is 2.96. The fourth-order valence-electron chi connectivity index (χ4n) is 1.98. The minimum absolute atomic E-state index is 0.782. The maximum atomic E-state index is 4.78. The number of nitrogens with zero attached hydrogens (tertiary/aromatic N) is 3. The quantitative estimate of drug-likeness (QED) is 0.689. The third kappa shape index (κ3) is 1.72. The second-order valence-electron chi connectivity index (χ2n) is 4.38. The highest BCUT2D eigenvalue weighted by molar-refractivity contribution is 5.91. The van der Waals surface area contributed by atoms with Gasteiger partial charge in [0.15, 0.2) is 0 Å². The van der Waals surface area contributed by atoms with Crippen molar-refractivity contribution in [1.29, 1.82) is 0 Å². The molecule has 0 fully saturated rings. The van der Waals surface area contributed by atoms with Crippen molar-refractivity contribution in [2.75, 3.05) is 19.0 Å². The topological polar surface area (TPSA) is 42.2 Å². The van der Waals surface area contributed by atoms with Gasteiger partial charge in [-0.05, 0) is 34.1 Å². The van der Waals surface area contributed by atoms with E-state index in [1.807, 2.05) is 32.3 Å². The summed E-state index contributed by atoms with van der Waals surface area (Å²) < 4.78 is 4.78. The van der Waals surface area contributed by atoms with Gasteiger partial charge < -0.3 is 4.90 Å². The van der Waals surface area contributed by atoms with E-state index in [2.05, 4.69) is 39.5 Å². The van der Waals surface area contributed by atoms with E-state index in [0.717, 1.165) is 22.2 Å². The molecule has 0 aliphatic carbocycles. The smallest absolute Gasteiger partial charge is 0.143 e. The Morgan fingerprint density at radius 3 is 2.44 bits per heavy atom. The lowest BCUT2D eigenvalue weighted by Crippen LogP contribution is -2.07. The van der Waals surface area contributed by atoms with Gasteiger partial charge in [0.1, 0.15) is 11.0 Å². The Hall–Kier alpha value is -2.36. The van der Waals surface area contributed by atoms with Crippen LogP contribution in [-0.4, -0.2) is 24.4 Å². The lowest BCUT2D eigenvalue weighted by Gasteiger charge is -2.12. The molecule has 0 bridgehead atoms. The average molecular weight is 239 g/mol. The third-order valence-corrected chi connectivity index (χ3v) is 2.98. The Morgan fingerprint density at radius 1 is 0.944 bits per heavy atom. The Bertz CT molecular complexity index is 671. The van der Waals surface area contributed by atoms with Crippen molar-refractivity contribution in [3.8, 4) is 11.1 Å². The molecule has 0 spiro atoms. The molecular weight excluding hydrogens is 226 g/mol. The van der Waals surface area contributed by atoms with E-state index in [9.17, 15) is 0 Å². The average Bonchev–Trinajstić information content (AvgIpc) is 2.87. The number of aromatic nitrogens is 2. The van der Waals surface area contributed by atoms with Crippen LogP contribution in [0.2, 0.25) is 0 Å². The highest BCUT2D eigenvalue weighted by Crippen LogP contribution is 2.27. The fraction of sp³-hybridized carbons (Fsp3) is 0.143. The zero-order chi connectivity index (χ0) is 12.5. The van der Waals surface area contributed by atoms with Gasteiger partial charge in [-0.2, -0.15) is 0 Å². The minimum Gasteiger partial charge on any atom is -0.378 e. The predicted molar refractivity (Wildman–Crippen MR) is 71.6 cm³/mol. The second kappa shape index (κ2) is 4.14. The lowest BCUT2D eigenvalue weighted by atomic mass is 10.0. The van der Waals surface area contributed by atoms with Gasteiger partial charge in [0, 0.05) is 25.3 Å². The van der Waals surface area contributed by atoms with E-state index in [0.29, 0.717) is 0 Å². The van der Waals surface area contributed by atoms with Crippen molar-refractivity contribution in [2.24, 2.45) is 0 Å². The molecule has 90 valence electrons. The molecule has 18 heavy (non-hydrogen) atoms. The van der Waals surface area contributed by atoms with Gasteiger partial charge in [-0.15, -0.1) is 0 Å². The summed E-state index contributed by atoms with van der Waals surface area (Å²) in [5, 5.41) is 7.81. The summed E-state index contributed by atoms with van der Waals surface area (Å²) in [6.45, 7) is 0. The zero-order valence-electron chi connectivity index (χ0n) is 10.3. The van der Waals surface area contributed by atoms with E-state index < -0.39 is 0 Å². The summed E-state index contributed by atoms with van der Waals surface area (Å²) in [5.74, 6) is 0. The van der Waals surface area contributed by atoms with Crippen molar-refractivity contribution in [3.63, 3.8) is 0 Å². The molecule has 0 saturated carbocycles. The summed E-state index contributed by atoms with van der Waals surface area (Å²) >= 11 is 0. The molecule has 4 heteroatoms. The van der Waals surface area contributed by atoms with Gasteiger partial charge in [-0.3, -0.25) is 0 Å². The number of hydrogen-bond donors (Lipinski definition) is 0. The summed E-state index contributed by atoms with van der Waals surface area (Å²) in [5.41, 5.74) is 4.91. The van der Waals surface area contributed by atoms with Crippen LogP contribution in [0.15, 0.2) is 47.1 Å². The first kappa shape index (κ1) is 10.8. The molecule has 1 aromatic heterocycles. The first-order chi connectivity index (χ1) is 8.75. The third-order valence-electron chi connectivity index (χ3n) is 2.98. The highest BCUT2D eigenvalue weighted by Gasteiger charge is 2.08. The van der Waals surface area contributed by atoms with Crippen molar-refractivity contribution in [2.45, 2.75) is 0 Å². The van der Waals surface area contributed by atoms with Crippen LogP contribution >= 0.6 is 0 Å². The molecule has 0 amide bonds. The molecule has 2 aromatic carbocycles. The van der Waals surface area contributed by atoms with Crippen LogP contribution in [0, 0.1) is 0 Å². The largest absolute Gasteiger partial charge is 0.378 e. The lowest BCUT2D eigenvalue weighted by molar-refractivity contribution is 0.315. The molecule has 0 saturated heterocycles. The Morgan fingerprint density at radius 2 is 1.72 bits per heavy atom. The van der Waals surface area contributed by atoms with Crippen molar-refractivity contribution in [3.05, 3.63) is 42.5 Å². The first-order valence-corrected chi connectivity index (χ1v) is 5.75. The Kier molecular flexibility index (Phi) is 2.48. The van der Waals surface area contributed by atoms with Gasteiger partial charge in [-0.1, -0.05) is 24.3 Å². The normalized spacial score (nSPS) is 10.8. The van der Waals surface area contributed by atoms with E-state index in [4.69, 9.17) is 4.63 Å². The molecule has 0 radical (unpaired) electrons. The minimum atomic E-state index is 0.782. The van der Waals surface area contributed by atoms with E-state index in [-0.39, 0.29) is 0 Å². The number of hydrogen-bond acceptors (Lipinski definition) is 4. The van der Waals surface area contributed by atoms with Crippen LogP contribution in [-0.2, 0) is 0 Å². The number of anilines is 1. The van der Waals surface area contributed by atoms with Crippen LogP contribution < -0.4 is 4.90 Å². The first-order valence-electron chi connectivity index (χ1n) is 5.75. The maximum Gasteiger partial charge on any atom is 0.143 e. The van der Waals surface area contributed by atoms with Gasteiger partial charge in [0.05, 0.1) is 0 Å². The standard InChI is InChI=1S/C14H13N3O/c1-17(2)11-8-6-10(7-9-11)12-4-3-5-13-14(12)16-18-15-13/h3-9H,1-2H3. The van der Waals surface area contributed by atoms with E-state index >= 15 is 0 Å². The zero-order valence-corrected chi connectivity index (χ0v) is 10.3. The van der Waals surface area contributed by atoms with E-state index in [1.165, 1.54) is 5.69 Å². The van der Waals surface area contributed by atoms with Gasteiger partial charge >= 0.3 is 0 Å². The summed E-state index contributed by atoms with van der Waals surface area (Å²) in [6.07, 6.45) is 0. The van der Waals surface area contributed by atoms with Gasteiger partial charge in [0.2, 0.25) is 0 Å². The van der Waals surface area contributed by atoms with Gasteiger partial charge in [0.25, 0.3) is 0 Å². The summed E-state index contributed by atoms with van der Waals surface area (Å²) in [7, 11) is 4.05. The monoisotopic (exact) mass is 239 g/mol. The van der Waals surface area contributed by atoms with Crippen LogP contribution in [0.3, 0.4) is 0 Å². The SMILES string of the molecule is CN(C)c1ccc(-c2cccc3nonc23)cc1. The van der Waals surface area contributed by atoms with Crippen LogP contribution in [0.1, 0.15) is 0 Å². The molecular formula is C14H13N3O. The molecule has 0 aliphatic heterocycles. The molecule has 0 unspecified atom stereocenters. The second-order valence-corrected chi connectivity index (χ2v) is 4.38. The number of fused-ring (bicyclic) bond motifs is 1. The molecule has 0 aliphatic rings.